The van der Waals surface area contributed by atoms with Crippen LogP contribution in [0.1, 0.15) is 24.8 Å². The Morgan fingerprint density at radius 2 is 1.93 bits per heavy atom. The number of aromatic hydroxyl groups is 1. The molecule has 1 fully saturated rings. The summed E-state index contributed by atoms with van der Waals surface area (Å²) >= 11 is 0. The minimum absolute atomic E-state index is 0. The SMILES string of the molecule is Br.C[C@@H]1CCNC[C@@H]1c1ccc(O)cc1. The van der Waals surface area contributed by atoms with Crippen LogP contribution in [0.3, 0.4) is 0 Å². The Labute approximate surface area is 101 Å². The van der Waals surface area contributed by atoms with Crippen molar-refractivity contribution in [2.75, 3.05) is 13.1 Å². The molecule has 15 heavy (non-hydrogen) atoms. The van der Waals surface area contributed by atoms with E-state index in [4.69, 9.17) is 0 Å². The molecule has 3 heteroatoms. The second-order valence-corrected chi connectivity index (χ2v) is 4.17. The zero-order valence-electron chi connectivity index (χ0n) is 8.94. The molecule has 2 nitrogen and oxygen atoms in total. The fraction of sp³-hybridized carbons (Fsp3) is 0.500. The van der Waals surface area contributed by atoms with Gasteiger partial charge in [0, 0.05) is 6.54 Å². The molecule has 0 saturated carbocycles. The number of hydrogen-bond acceptors (Lipinski definition) is 2. The predicted octanol–water partition coefficient (Wildman–Crippen LogP) is 2.68. The molecule has 2 rings (SSSR count). The quantitative estimate of drug-likeness (QED) is 0.823. The van der Waals surface area contributed by atoms with Crippen molar-refractivity contribution in [3.05, 3.63) is 29.8 Å². The molecule has 1 aromatic rings. The van der Waals surface area contributed by atoms with Crippen molar-refractivity contribution < 1.29 is 5.11 Å². The molecule has 0 bridgehead atoms. The van der Waals surface area contributed by atoms with Gasteiger partial charge in [-0.25, -0.2) is 0 Å². The number of halogens is 1. The van der Waals surface area contributed by atoms with Crippen LogP contribution in [0, 0.1) is 5.92 Å². The third-order valence-electron chi connectivity index (χ3n) is 3.15. The Hall–Kier alpha value is -0.540. The Morgan fingerprint density at radius 3 is 2.53 bits per heavy atom. The van der Waals surface area contributed by atoms with Crippen molar-refractivity contribution in [3.8, 4) is 5.75 Å². The van der Waals surface area contributed by atoms with Crippen molar-refractivity contribution in [3.63, 3.8) is 0 Å². The zero-order chi connectivity index (χ0) is 9.97. The van der Waals surface area contributed by atoms with Gasteiger partial charge in [-0.3, -0.25) is 0 Å². The van der Waals surface area contributed by atoms with Crippen molar-refractivity contribution in [2.45, 2.75) is 19.3 Å². The van der Waals surface area contributed by atoms with E-state index >= 15 is 0 Å². The maximum atomic E-state index is 9.21. The van der Waals surface area contributed by atoms with Gasteiger partial charge < -0.3 is 10.4 Å². The summed E-state index contributed by atoms with van der Waals surface area (Å²) in [6.45, 7) is 4.50. The van der Waals surface area contributed by atoms with Crippen molar-refractivity contribution in [2.24, 2.45) is 5.92 Å². The molecule has 0 amide bonds. The van der Waals surface area contributed by atoms with E-state index in [2.05, 4.69) is 12.2 Å². The van der Waals surface area contributed by atoms with Crippen LogP contribution < -0.4 is 5.32 Å². The van der Waals surface area contributed by atoms with Gasteiger partial charge in [0.15, 0.2) is 0 Å². The number of phenols is 1. The molecule has 1 aromatic carbocycles. The molecule has 1 aliphatic rings. The van der Waals surface area contributed by atoms with Gasteiger partial charge in [0.2, 0.25) is 0 Å². The maximum Gasteiger partial charge on any atom is 0.115 e. The molecule has 0 radical (unpaired) electrons. The first-order valence-electron chi connectivity index (χ1n) is 5.27. The van der Waals surface area contributed by atoms with Crippen LogP contribution in [-0.2, 0) is 0 Å². The molecule has 2 atom stereocenters. The average molecular weight is 272 g/mol. The van der Waals surface area contributed by atoms with Crippen molar-refractivity contribution in [1.29, 1.82) is 0 Å². The highest BCUT2D eigenvalue weighted by molar-refractivity contribution is 8.93. The van der Waals surface area contributed by atoms with Crippen molar-refractivity contribution >= 4 is 17.0 Å². The van der Waals surface area contributed by atoms with Gasteiger partial charge in [-0.15, -0.1) is 17.0 Å². The first kappa shape index (κ1) is 12.5. The Balaban J connectivity index is 0.00000112. The lowest BCUT2D eigenvalue weighted by molar-refractivity contribution is 0.348. The molecular weight excluding hydrogens is 254 g/mol. The molecule has 1 heterocycles. The van der Waals surface area contributed by atoms with Crippen molar-refractivity contribution in [1.82, 2.24) is 5.32 Å². The van der Waals surface area contributed by atoms with Crippen LogP contribution in [0.25, 0.3) is 0 Å². The maximum absolute atomic E-state index is 9.21. The minimum atomic E-state index is 0. The van der Waals surface area contributed by atoms with E-state index in [1.165, 1.54) is 12.0 Å². The Bertz CT molecular complexity index is 299. The highest BCUT2D eigenvalue weighted by Crippen LogP contribution is 2.29. The van der Waals surface area contributed by atoms with Gasteiger partial charge in [-0.05, 0) is 42.5 Å². The lowest BCUT2D eigenvalue weighted by atomic mass is 9.83. The summed E-state index contributed by atoms with van der Waals surface area (Å²) in [6, 6.07) is 7.61. The van der Waals surface area contributed by atoms with Gasteiger partial charge in [-0.1, -0.05) is 19.1 Å². The van der Waals surface area contributed by atoms with E-state index in [1.54, 1.807) is 12.1 Å². The topological polar surface area (TPSA) is 32.3 Å². The highest BCUT2D eigenvalue weighted by atomic mass is 79.9. The molecule has 0 unspecified atom stereocenters. The monoisotopic (exact) mass is 271 g/mol. The van der Waals surface area contributed by atoms with Crippen LogP contribution in [-0.4, -0.2) is 18.2 Å². The van der Waals surface area contributed by atoms with E-state index < -0.39 is 0 Å². The molecule has 0 aliphatic carbocycles. The van der Waals surface area contributed by atoms with Crippen LogP contribution in [0.2, 0.25) is 0 Å². The summed E-state index contributed by atoms with van der Waals surface area (Å²) in [5.74, 6) is 1.69. The molecule has 1 saturated heterocycles. The number of nitrogens with one attached hydrogen (secondary N) is 1. The predicted molar refractivity (Wildman–Crippen MR) is 67.8 cm³/mol. The molecule has 1 aliphatic heterocycles. The smallest absolute Gasteiger partial charge is 0.115 e. The van der Waals surface area contributed by atoms with E-state index in [9.17, 15) is 5.11 Å². The first-order valence-corrected chi connectivity index (χ1v) is 5.27. The summed E-state index contributed by atoms with van der Waals surface area (Å²) in [5, 5.41) is 12.6. The molecule has 0 aromatic heterocycles. The van der Waals surface area contributed by atoms with Crippen LogP contribution in [0.4, 0.5) is 0 Å². The standard InChI is InChI=1S/C12H17NO.BrH/c1-9-6-7-13-8-12(9)10-2-4-11(14)5-3-10;/h2-5,9,12-14H,6-8H2,1H3;1H/t9-,12+;/m1./s1. The van der Waals surface area contributed by atoms with E-state index in [-0.39, 0.29) is 17.0 Å². The average Bonchev–Trinajstić information content (AvgIpc) is 2.20. The second-order valence-electron chi connectivity index (χ2n) is 4.17. The third kappa shape index (κ3) is 2.95. The minimum Gasteiger partial charge on any atom is -0.508 e. The number of hydrogen-bond donors (Lipinski definition) is 2. The zero-order valence-corrected chi connectivity index (χ0v) is 10.7. The highest BCUT2D eigenvalue weighted by Gasteiger charge is 2.22. The second kappa shape index (κ2) is 5.52. The fourth-order valence-corrected chi connectivity index (χ4v) is 2.16. The van der Waals surface area contributed by atoms with Crippen LogP contribution >= 0.6 is 17.0 Å². The molecule has 2 N–H and O–H groups in total. The number of phenolic OH excluding ortho intramolecular Hbond substituents is 1. The number of benzene rings is 1. The van der Waals surface area contributed by atoms with Gasteiger partial charge >= 0.3 is 0 Å². The van der Waals surface area contributed by atoms with Crippen LogP contribution in [0.5, 0.6) is 5.75 Å². The van der Waals surface area contributed by atoms with E-state index in [1.807, 2.05) is 12.1 Å². The fourth-order valence-electron chi connectivity index (χ4n) is 2.16. The van der Waals surface area contributed by atoms with Gasteiger partial charge in [0.05, 0.1) is 0 Å². The van der Waals surface area contributed by atoms with E-state index in [0.29, 0.717) is 11.7 Å². The summed E-state index contributed by atoms with van der Waals surface area (Å²) in [6.07, 6.45) is 1.24. The summed E-state index contributed by atoms with van der Waals surface area (Å²) < 4.78 is 0. The summed E-state index contributed by atoms with van der Waals surface area (Å²) in [7, 11) is 0. The Kier molecular flexibility index (Phi) is 4.61. The normalized spacial score (nSPS) is 25.7. The summed E-state index contributed by atoms with van der Waals surface area (Å²) in [4.78, 5) is 0. The van der Waals surface area contributed by atoms with Gasteiger partial charge in [-0.2, -0.15) is 0 Å². The first-order chi connectivity index (χ1) is 6.77. The number of piperidine rings is 1. The largest absolute Gasteiger partial charge is 0.508 e. The molecule has 84 valence electrons. The van der Waals surface area contributed by atoms with Gasteiger partial charge in [0.1, 0.15) is 5.75 Å². The Morgan fingerprint density at radius 1 is 1.27 bits per heavy atom. The lowest BCUT2D eigenvalue weighted by Gasteiger charge is -2.29. The van der Waals surface area contributed by atoms with E-state index in [0.717, 1.165) is 19.0 Å². The molecule has 0 spiro atoms. The van der Waals surface area contributed by atoms with Gasteiger partial charge in [0.25, 0.3) is 0 Å². The third-order valence-corrected chi connectivity index (χ3v) is 3.15. The lowest BCUT2D eigenvalue weighted by Crippen LogP contribution is -2.33. The molecular formula is C12H18BrNO. The van der Waals surface area contributed by atoms with Crippen LogP contribution in [0.15, 0.2) is 24.3 Å². The summed E-state index contributed by atoms with van der Waals surface area (Å²) in [5.41, 5.74) is 1.34. The number of rotatable bonds is 1.